The molecule has 0 aliphatic carbocycles. The van der Waals surface area contributed by atoms with E-state index in [9.17, 15) is 31.1 Å². The van der Waals surface area contributed by atoms with E-state index >= 15 is 0 Å². The standard InChI is InChI=1S/C20H21F6N3O6/c21-19(22,23)11-31-7-8-32-18-29-28-17(35-18)15-6-3-13(9-34-15)27-16(30)10-33-14-4-1-12(2-5-14)20(24,25)26/h1-2,4-5,13,15H,3,6-11H2,(H,27,30)/t13-,15+/m0/s1. The Morgan fingerprint density at radius 3 is 2.40 bits per heavy atom. The highest BCUT2D eigenvalue weighted by Gasteiger charge is 2.31. The number of amides is 1. The van der Waals surface area contributed by atoms with Crippen molar-refractivity contribution in [3.05, 3.63) is 35.7 Å². The molecule has 1 aliphatic rings. The van der Waals surface area contributed by atoms with Crippen molar-refractivity contribution in [1.29, 1.82) is 0 Å². The van der Waals surface area contributed by atoms with Crippen molar-refractivity contribution in [3.8, 4) is 11.8 Å². The van der Waals surface area contributed by atoms with E-state index in [2.05, 4.69) is 20.3 Å². The molecular weight excluding hydrogens is 492 g/mol. The van der Waals surface area contributed by atoms with E-state index in [1.807, 2.05) is 0 Å². The topological polar surface area (TPSA) is 105 Å². The van der Waals surface area contributed by atoms with Crippen LogP contribution >= 0.6 is 0 Å². The smallest absolute Gasteiger partial charge is 0.416 e. The molecule has 1 fully saturated rings. The van der Waals surface area contributed by atoms with Crippen LogP contribution < -0.4 is 14.8 Å². The molecule has 1 aromatic heterocycles. The van der Waals surface area contributed by atoms with E-state index in [4.69, 9.17) is 18.6 Å². The van der Waals surface area contributed by atoms with Crippen LogP contribution in [0.25, 0.3) is 0 Å². The lowest BCUT2D eigenvalue weighted by Gasteiger charge is -2.27. The van der Waals surface area contributed by atoms with Gasteiger partial charge >= 0.3 is 18.4 Å². The van der Waals surface area contributed by atoms with E-state index in [1.54, 1.807) is 0 Å². The Hall–Kier alpha value is -3.07. The molecule has 0 radical (unpaired) electrons. The molecule has 2 heterocycles. The predicted octanol–water partition coefficient (Wildman–Crippen LogP) is 3.46. The van der Waals surface area contributed by atoms with Gasteiger partial charge in [-0.3, -0.25) is 4.79 Å². The first-order valence-electron chi connectivity index (χ1n) is 10.3. The molecule has 0 saturated carbocycles. The number of benzene rings is 1. The molecule has 1 aliphatic heterocycles. The number of nitrogens with one attached hydrogen (secondary N) is 1. The van der Waals surface area contributed by atoms with Gasteiger partial charge in [-0.1, -0.05) is 5.10 Å². The molecule has 1 N–H and O–H groups in total. The maximum atomic E-state index is 12.6. The van der Waals surface area contributed by atoms with E-state index in [0.29, 0.717) is 12.8 Å². The van der Waals surface area contributed by atoms with E-state index in [-0.39, 0.29) is 50.2 Å². The second-order valence-corrected chi connectivity index (χ2v) is 7.40. The summed E-state index contributed by atoms with van der Waals surface area (Å²) in [6.07, 6.45) is -8.76. The predicted molar refractivity (Wildman–Crippen MR) is 103 cm³/mol. The number of aromatic nitrogens is 2. The maximum Gasteiger partial charge on any atom is 0.416 e. The molecule has 3 rings (SSSR count). The molecule has 1 amide bonds. The lowest BCUT2D eigenvalue weighted by Crippen LogP contribution is -2.43. The van der Waals surface area contributed by atoms with Crippen LogP contribution in [0.2, 0.25) is 0 Å². The highest BCUT2D eigenvalue weighted by atomic mass is 19.4. The number of alkyl halides is 6. The van der Waals surface area contributed by atoms with Crippen LogP contribution in [0.1, 0.15) is 30.4 Å². The Morgan fingerprint density at radius 2 is 1.77 bits per heavy atom. The summed E-state index contributed by atoms with van der Waals surface area (Å²) in [5, 5.41) is 10.1. The van der Waals surface area contributed by atoms with Gasteiger partial charge in [0.25, 0.3) is 5.91 Å². The summed E-state index contributed by atoms with van der Waals surface area (Å²) in [5.41, 5.74) is -0.821. The van der Waals surface area contributed by atoms with Gasteiger partial charge in [-0.15, -0.1) is 5.10 Å². The number of nitrogens with zero attached hydrogens (tertiary/aromatic N) is 2. The van der Waals surface area contributed by atoms with Gasteiger partial charge in [-0.05, 0) is 37.1 Å². The molecule has 9 nitrogen and oxygen atoms in total. The molecule has 194 valence electrons. The minimum absolute atomic E-state index is 0.117. The van der Waals surface area contributed by atoms with Crippen molar-refractivity contribution < 1.29 is 54.5 Å². The Labute approximate surface area is 194 Å². The van der Waals surface area contributed by atoms with Crippen LogP contribution in [-0.2, 0) is 20.4 Å². The number of hydrogen-bond acceptors (Lipinski definition) is 8. The lowest BCUT2D eigenvalue weighted by atomic mass is 10.1. The Balaban J connectivity index is 1.33. The summed E-state index contributed by atoms with van der Waals surface area (Å²) in [5.74, 6) is -0.237. The van der Waals surface area contributed by atoms with Crippen molar-refractivity contribution in [2.75, 3.05) is 33.0 Å². The van der Waals surface area contributed by atoms with Crippen LogP contribution in [0.4, 0.5) is 26.3 Å². The third-order valence-electron chi connectivity index (χ3n) is 4.61. The second-order valence-electron chi connectivity index (χ2n) is 7.40. The first-order chi connectivity index (χ1) is 16.5. The molecule has 1 aromatic carbocycles. The van der Waals surface area contributed by atoms with E-state index < -0.39 is 36.5 Å². The van der Waals surface area contributed by atoms with Crippen molar-refractivity contribution in [2.24, 2.45) is 0 Å². The zero-order chi connectivity index (χ0) is 25.5. The molecule has 1 saturated heterocycles. The third-order valence-corrected chi connectivity index (χ3v) is 4.61. The Morgan fingerprint density at radius 1 is 1.03 bits per heavy atom. The number of carbonyl (C=O) groups excluding carboxylic acids is 1. The van der Waals surface area contributed by atoms with Gasteiger partial charge in [0.15, 0.2) is 6.61 Å². The van der Waals surface area contributed by atoms with Crippen LogP contribution in [0, 0.1) is 0 Å². The van der Waals surface area contributed by atoms with Gasteiger partial charge in [-0.25, -0.2) is 0 Å². The Bertz CT molecular complexity index is 942. The van der Waals surface area contributed by atoms with Crippen LogP contribution in [0.15, 0.2) is 28.7 Å². The zero-order valence-corrected chi connectivity index (χ0v) is 18.0. The average molecular weight is 513 g/mol. The quantitative estimate of drug-likeness (QED) is 0.381. The van der Waals surface area contributed by atoms with Crippen LogP contribution in [0.3, 0.4) is 0 Å². The van der Waals surface area contributed by atoms with E-state index in [0.717, 1.165) is 24.3 Å². The molecule has 2 aromatic rings. The minimum atomic E-state index is -4.46. The number of hydrogen-bond donors (Lipinski definition) is 1. The van der Waals surface area contributed by atoms with Gasteiger partial charge in [0.05, 0.1) is 24.8 Å². The highest BCUT2D eigenvalue weighted by molar-refractivity contribution is 5.77. The third kappa shape index (κ3) is 8.90. The molecule has 35 heavy (non-hydrogen) atoms. The maximum absolute atomic E-state index is 12.6. The van der Waals surface area contributed by atoms with Crippen LogP contribution in [-0.4, -0.2) is 61.4 Å². The SMILES string of the molecule is O=C(COc1ccc(C(F)(F)F)cc1)N[C@H]1CC[C@H](c2nnc(OCCOCC(F)(F)F)o2)OC1. The Kier molecular flexibility index (Phi) is 8.77. The largest absolute Gasteiger partial charge is 0.484 e. The molecule has 15 heteroatoms. The van der Waals surface area contributed by atoms with Gasteiger partial charge in [0, 0.05) is 0 Å². The summed E-state index contributed by atoms with van der Waals surface area (Å²) >= 11 is 0. The second kappa shape index (κ2) is 11.6. The minimum Gasteiger partial charge on any atom is -0.484 e. The molecule has 0 unspecified atom stereocenters. The monoisotopic (exact) mass is 513 g/mol. The normalized spacial score (nSPS) is 18.8. The molecule has 0 spiro atoms. The van der Waals surface area contributed by atoms with Crippen molar-refractivity contribution >= 4 is 5.91 Å². The first kappa shape index (κ1) is 26.5. The van der Waals surface area contributed by atoms with Gasteiger partial charge in [0.1, 0.15) is 25.1 Å². The van der Waals surface area contributed by atoms with Gasteiger partial charge in [-0.2, -0.15) is 26.3 Å². The molecule has 0 bridgehead atoms. The fraction of sp³-hybridized carbons (Fsp3) is 0.550. The summed E-state index contributed by atoms with van der Waals surface area (Å²) in [4.78, 5) is 12.1. The fourth-order valence-corrected chi connectivity index (χ4v) is 3.00. The summed E-state index contributed by atoms with van der Waals surface area (Å²) < 4.78 is 99.2. The number of ether oxygens (including phenoxy) is 4. The average Bonchev–Trinajstić information content (AvgIpc) is 3.26. The van der Waals surface area contributed by atoms with Gasteiger partial charge in [0.2, 0.25) is 5.89 Å². The van der Waals surface area contributed by atoms with Crippen LogP contribution in [0.5, 0.6) is 11.8 Å². The lowest BCUT2D eigenvalue weighted by molar-refractivity contribution is -0.175. The van der Waals surface area contributed by atoms with Crippen molar-refractivity contribution in [3.63, 3.8) is 0 Å². The highest BCUT2D eigenvalue weighted by Crippen LogP contribution is 2.30. The molecule has 2 atom stereocenters. The zero-order valence-electron chi connectivity index (χ0n) is 18.0. The molecular formula is C20H21F6N3O6. The first-order valence-corrected chi connectivity index (χ1v) is 10.3. The van der Waals surface area contributed by atoms with E-state index in [1.165, 1.54) is 0 Å². The summed E-state index contributed by atoms with van der Waals surface area (Å²) in [6, 6.07) is 3.64. The number of halogens is 6. The summed E-state index contributed by atoms with van der Waals surface area (Å²) in [7, 11) is 0. The van der Waals surface area contributed by atoms with Crippen molar-refractivity contribution in [1.82, 2.24) is 15.5 Å². The number of rotatable bonds is 10. The van der Waals surface area contributed by atoms with Gasteiger partial charge < -0.3 is 28.7 Å². The number of carbonyl (C=O) groups is 1. The van der Waals surface area contributed by atoms with Crippen molar-refractivity contribution in [2.45, 2.75) is 37.3 Å². The fourth-order valence-electron chi connectivity index (χ4n) is 3.00. The summed E-state index contributed by atoms with van der Waals surface area (Å²) in [6.45, 7) is -2.18.